The minimum absolute atomic E-state index is 0.0185. The molecule has 0 bridgehead atoms. The number of carboxylic acid groups (broad SMARTS) is 1. The predicted molar refractivity (Wildman–Crippen MR) is 68.8 cm³/mol. The Labute approximate surface area is 108 Å². The van der Waals surface area contributed by atoms with Gasteiger partial charge in [0.2, 0.25) is 0 Å². The van der Waals surface area contributed by atoms with Gasteiger partial charge in [-0.25, -0.2) is 0 Å². The van der Waals surface area contributed by atoms with Gasteiger partial charge < -0.3 is 10.4 Å². The molecule has 0 aliphatic carbocycles. The molecule has 5 heteroatoms. The van der Waals surface area contributed by atoms with Crippen molar-refractivity contribution in [1.29, 1.82) is 5.26 Å². The molecule has 0 saturated carbocycles. The molecule has 1 rings (SSSR count). The highest BCUT2D eigenvalue weighted by atomic mass is 79.9. The number of anilines is 1. The zero-order chi connectivity index (χ0) is 13.1. The molecule has 0 radical (unpaired) electrons. The summed E-state index contributed by atoms with van der Waals surface area (Å²) in [6.45, 7) is 3.63. The minimum Gasteiger partial charge on any atom is -0.481 e. The zero-order valence-electron chi connectivity index (χ0n) is 9.62. The van der Waals surface area contributed by atoms with Gasteiger partial charge >= 0.3 is 5.97 Å². The first-order valence-corrected chi connectivity index (χ1v) is 5.83. The number of carboxylic acids is 1. The molecular weight excluding hydrogens is 284 g/mol. The lowest BCUT2D eigenvalue weighted by molar-refractivity contribution is -0.137. The van der Waals surface area contributed by atoms with Gasteiger partial charge in [-0.3, -0.25) is 4.79 Å². The lowest BCUT2D eigenvalue weighted by Crippen LogP contribution is -2.33. The van der Waals surface area contributed by atoms with Gasteiger partial charge in [0, 0.05) is 15.7 Å². The molecule has 90 valence electrons. The van der Waals surface area contributed by atoms with E-state index in [1.165, 1.54) is 0 Å². The number of nitriles is 1. The minimum atomic E-state index is -0.852. The number of benzene rings is 1. The van der Waals surface area contributed by atoms with E-state index in [1.54, 1.807) is 18.2 Å². The molecule has 0 unspecified atom stereocenters. The third-order valence-electron chi connectivity index (χ3n) is 2.17. The van der Waals surface area contributed by atoms with Crippen LogP contribution < -0.4 is 5.32 Å². The van der Waals surface area contributed by atoms with Gasteiger partial charge in [-0.1, -0.05) is 0 Å². The number of aliphatic carboxylic acids is 1. The Balaban J connectivity index is 2.86. The summed E-state index contributed by atoms with van der Waals surface area (Å²) in [6.07, 6.45) is 0.0185. The summed E-state index contributed by atoms with van der Waals surface area (Å²) in [5, 5.41) is 20.7. The number of hydrogen-bond acceptors (Lipinski definition) is 3. The smallest absolute Gasteiger partial charge is 0.305 e. The summed E-state index contributed by atoms with van der Waals surface area (Å²) in [6, 6.07) is 7.26. The van der Waals surface area contributed by atoms with E-state index in [0.29, 0.717) is 10.0 Å². The summed E-state index contributed by atoms with van der Waals surface area (Å²) in [5.41, 5.74) is 0.785. The molecule has 0 spiro atoms. The third-order valence-corrected chi connectivity index (χ3v) is 2.82. The van der Waals surface area contributed by atoms with Crippen molar-refractivity contribution in [3.63, 3.8) is 0 Å². The second-order valence-corrected chi connectivity index (χ2v) is 5.24. The number of rotatable bonds is 4. The van der Waals surface area contributed by atoms with E-state index < -0.39 is 11.5 Å². The first kappa shape index (κ1) is 13.5. The first-order valence-electron chi connectivity index (χ1n) is 5.04. The summed E-state index contributed by atoms with van der Waals surface area (Å²) in [4.78, 5) is 10.7. The van der Waals surface area contributed by atoms with Crippen molar-refractivity contribution in [3.8, 4) is 6.07 Å². The van der Waals surface area contributed by atoms with Crippen LogP contribution in [0, 0.1) is 11.3 Å². The van der Waals surface area contributed by atoms with Crippen LogP contribution in [-0.4, -0.2) is 16.6 Å². The molecule has 0 amide bonds. The Kier molecular flexibility index (Phi) is 4.13. The normalized spacial score (nSPS) is 10.7. The Bertz CT molecular complexity index is 478. The van der Waals surface area contributed by atoms with Crippen LogP contribution in [0.1, 0.15) is 25.8 Å². The maximum Gasteiger partial charge on any atom is 0.305 e. The highest BCUT2D eigenvalue weighted by Gasteiger charge is 2.21. The van der Waals surface area contributed by atoms with E-state index in [4.69, 9.17) is 10.4 Å². The van der Waals surface area contributed by atoms with Gasteiger partial charge in [-0.05, 0) is 48.0 Å². The second-order valence-electron chi connectivity index (χ2n) is 4.39. The Morgan fingerprint density at radius 3 is 2.71 bits per heavy atom. The number of nitrogens with zero attached hydrogens (tertiary/aromatic N) is 1. The molecule has 0 saturated heterocycles. The van der Waals surface area contributed by atoms with Crippen molar-refractivity contribution in [2.45, 2.75) is 25.8 Å². The first-order chi connectivity index (χ1) is 7.84. The molecule has 0 aromatic heterocycles. The van der Waals surface area contributed by atoms with Crippen molar-refractivity contribution in [2.24, 2.45) is 0 Å². The monoisotopic (exact) mass is 296 g/mol. The SMILES string of the molecule is CC(C)(CC(=O)O)Nc1ccc(C#N)c(Br)c1. The molecule has 0 fully saturated rings. The van der Waals surface area contributed by atoms with Crippen LogP contribution in [-0.2, 0) is 4.79 Å². The van der Waals surface area contributed by atoms with Crippen molar-refractivity contribution in [3.05, 3.63) is 28.2 Å². The van der Waals surface area contributed by atoms with Crippen molar-refractivity contribution in [2.75, 3.05) is 5.32 Å². The fraction of sp³-hybridized carbons (Fsp3) is 0.333. The van der Waals surface area contributed by atoms with E-state index in [9.17, 15) is 4.79 Å². The highest BCUT2D eigenvalue weighted by molar-refractivity contribution is 9.10. The van der Waals surface area contributed by atoms with Crippen LogP contribution >= 0.6 is 15.9 Å². The topological polar surface area (TPSA) is 73.1 Å². The second kappa shape index (κ2) is 5.19. The van der Waals surface area contributed by atoms with E-state index in [2.05, 4.69) is 21.2 Å². The molecule has 17 heavy (non-hydrogen) atoms. The Morgan fingerprint density at radius 2 is 2.24 bits per heavy atom. The molecule has 0 aliphatic rings. The van der Waals surface area contributed by atoms with Gasteiger partial charge in [0.05, 0.1) is 12.0 Å². The van der Waals surface area contributed by atoms with E-state index >= 15 is 0 Å². The number of nitrogens with one attached hydrogen (secondary N) is 1. The molecule has 1 aromatic rings. The standard InChI is InChI=1S/C12H13BrN2O2/c1-12(2,6-11(16)17)15-9-4-3-8(7-14)10(13)5-9/h3-5,15H,6H2,1-2H3,(H,16,17). The van der Waals surface area contributed by atoms with Crippen LogP contribution in [0.2, 0.25) is 0 Å². The van der Waals surface area contributed by atoms with Gasteiger partial charge in [0.25, 0.3) is 0 Å². The number of carbonyl (C=O) groups is 1. The quantitative estimate of drug-likeness (QED) is 0.896. The summed E-state index contributed by atoms with van der Waals surface area (Å²) in [5.74, 6) is -0.852. The highest BCUT2D eigenvalue weighted by Crippen LogP contribution is 2.24. The average Bonchev–Trinajstić information content (AvgIpc) is 2.14. The average molecular weight is 297 g/mol. The van der Waals surface area contributed by atoms with Crippen molar-refractivity contribution in [1.82, 2.24) is 0 Å². The molecule has 2 N–H and O–H groups in total. The predicted octanol–water partition coefficient (Wildman–Crippen LogP) is 2.99. The Morgan fingerprint density at radius 1 is 1.59 bits per heavy atom. The maximum absolute atomic E-state index is 10.7. The van der Waals surface area contributed by atoms with Crippen molar-refractivity contribution >= 4 is 27.6 Å². The molecular formula is C12H13BrN2O2. The van der Waals surface area contributed by atoms with Crippen LogP contribution in [0.5, 0.6) is 0 Å². The fourth-order valence-corrected chi connectivity index (χ4v) is 1.96. The summed E-state index contributed by atoms with van der Waals surface area (Å²) >= 11 is 3.29. The summed E-state index contributed by atoms with van der Waals surface area (Å²) < 4.78 is 0.691. The van der Waals surface area contributed by atoms with Gasteiger partial charge in [0.1, 0.15) is 6.07 Å². The van der Waals surface area contributed by atoms with E-state index in [1.807, 2.05) is 19.9 Å². The van der Waals surface area contributed by atoms with E-state index in [0.717, 1.165) is 5.69 Å². The lowest BCUT2D eigenvalue weighted by Gasteiger charge is -2.25. The lowest BCUT2D eigenvalue weighted by atomic mass is 10.0. The summed E-state index contributed by atoms with van der Waals surface area (Å²) in [7, 11) is 0. The zero-order valence-corrected chi connectivity index (χ0v) is 11.2. The van der Waals surface area contributed by atoms with Gasteiger partial charge in [0.15, 0.2) is 0 Å². The van der Waals surface area contributed by atoms with E-state index in [-0.39, 0.29) is 6.42 Å². The number of hydrogen-bond donors (Lipinski definition) is 2. The largest absolute Gasteiger partial charge is 0.481 e. The molecule has 0 aliphatic heterocycles. The van der Waals surface area contributed by atoms with Crippen LogP contribution in [0.4, 0.5) is 5.69 Å². The molecule has 0 heterocycles. The van der Waals surface area contributed by atoms with Crippen LogP contribution in [0.3, 0.4) is 0 Å². The molecule has 4 nitrogen and oxygen atoms in total. The molecule has 1 aromatic carbocycles. The van der Waals surface area contributed by atoms with Crippen LogP contribution in [0.25, 0.3) is 0 Å². The van der Waals surface area contributed by atoms with Gasteiger partial charge in [-0.2, -0.15) is 5.26 Å². The van der Waals surface area contributed by atoms with Gasteiger partial charge in [-0.15, -0.1) is 0 Å². The fourth-order valence-electron chi connectivity index (χ4n) is 1.50. The number of halogens is 1. The molecule has 0 atom stereocenters. The van der Waals surface area contributed by atoms with Crippen LogP contribution in [0.15, 0.2) is 22.7 Å². The third kappa shape index (κ3) is 4.08. The maximum atomic E-state index is 10.7. The van der Waals surface area contributed by atoms with Crippen molar-refractivity contribution < 1.29 is 9.90 Å². The Hall–Kier alpha value is -1.54.